The van der Waals surface area contributed by atoms with E-state index in [0.717, 1.165) is 19.4 Å². The van der Waals surface area contributed by atoms with Crippen molar-refractivity contribution in [2.24, 2.45) is 5.73 Å². The number of carboxylic acids is 1. The van der Waals surface area contributed by atoms with Crippen LogP contribution in [0.5, 0.6) is 0 Å². The van der Waals surface area contributed by atoms with Gasteiger partial charge in [0.15, 0.2) is 0 Å². The van der Waals surface area contributed by atoms with Gasteiger partial charge in [0.2, 0.25) is 0 Å². The van der Waals surface area contributed by atoms with E-state index < -0.39 is 11.5 Å². The molecule has 0 aromatic heterocycles. The summed E-state index contributed by atoms with van der Waals surface area (Å²) in [5.74, 6) is -0.819. The maximum Gasteiger partial charge on any atom is 0.323 e. The smallest absolute Gasteiger partial charge is 0.323 e. The average Bonchev–Trinajstić information content (AvgIpc) is 2.63. The topological polar surface area (TPSA) is 66.6 Å². The van der Waals surface area contributed by atoms with Gasteiger partial charge in [0.1, 0.15) is 5.54 Å². The van der Waals surface area contributed by atoms with Crippen molar-refractivity contribution in [1.82, 2.24) is 4.90 Å². The third kappa shape index (κ3) is 3.29. The summed E-state index contributed by atoms with van der Waals surface area (Å²) in [6.07, 6.45) is 9.61. The monoisotopic (exact) mass is 268 g/mol. The number of nitrogens with two attached hydrogens (primary N) is 1. The van der Waals surface area contributed by atoms with Crippen molar-refractivity contribution >= 4 is 5.97 Å². The maximum absolute atomic E-state index is 11.4. The maximum atomic E-state index is 11.4. The molecule has 2 rings (SSSR count). The Labute approximate surface area is 116 Å². The molecule has 2 fully saturated rings. The number of hydrogen-bond acceptors (Lipinski definition) is 3. The number of hydrogen-bond donors (Lipinski definition) is 2. The van der Waals surface area contributed by atoms with Gasteiger partial charge in [0.05, 0.1) is 0 Å². The lowest BCUT2D eigenvalue weighted by Gasteiger charge is -2.43. The Bertz CT molecular complexity index is 321. The summed E-state index contributed by atoms with van der Waals surface area (Å²) in [4.78, 5) is 14.0. The van der Waals surface area contributed by atoms with Crippen LogP contribution in [0.2, 0.25) is 0 Å². The first-order valence-corrected chi connectivity index (χ1v) is 7.85. The van der Waals surface area contributed by atoms with Crippen LogP contribution in [0.15, 0.2) is 0 Å². The second-order valence-corrected chi connectivity index (χ2v) is 6.36. The molecule has 1 saturated carbocycles. The second kappa shape index (κ2) is 6.23. The number of rotatable bonds is 3. The van der Waals surface area contributed by atoms with Crippen molar-refractivity contribution in [1.29, 1.82) is 0 Å². The van der Waals surface area contributed by atoms with Crippen LogP contribution in [0.3, 0.4) is 0 Å². The highest BCUT2D eigenvalue weighted by Crippen LogP contribution is 2.33. The van der Waals surface area contributed by atoms with E-state index in [2.05, 4.69) is 11.8 Å². The fourth-order valence-corrected chi connectivity index (χ4v) is 3.87. The summed E-state index contributed by atoms with van der Waals surface area (Å²) in [5.41, 5.74) is 5.11. The minimum absolute atomic E-state index is 0.373. The highest BCUT2D eigenvalue weighted by molar-refractivity contribution is 5.78. The Morgan fingerprint density at radius 2 is 2.11 bits per heavy atom. The predicted octanol–water partition coefficient (Wildman–Crippen LogP) is 2.37. The number of nitrogens with zero attached hydrogens (tertiary/aromatic N) is 1. The van der Waals surface area contributed by atoms with Gasteiger partial charge in [-0.15, -0.1) is 0 Å². The molecule has 2 aliphatic rings. The van der Waals surface area contributed by atoms with Crippen LogP contribution in [0.4, 0.5) is 0 Å². The lowest BCUT2D eigenvalue weighted by Crippen LogP contribution is -2.57. The number of carbonyl (C=O) groups is 1. The molecule has 0 bridgehead atoms. The summed E-state index contributed by atoms with van der Waals surface area (Å²) < 4.78 is 0. The Balaban J connectivity index is 2.08. The second-order valence-electron chi connectivity index (χ2n) is 6.36. The standard InChI is InChI=1S/C15H28N2O2/c1-2-12-7-4-3-5-10-17(12)13-8-6-9-15(16,11-13)14(18)19/h12-13H,2-11,16H2,1H3,(H,18,19). The molecule has 4 nitrogen and oxygen atoms in total. The first kappa shape index (κ1) is 14.8. The van der Waals surface area contributed by atoms with Gasteiger partial charge in [-0.1, -0.05) is 19.8 Å². The predicted molar refractivity (Wildman–Crippen MR) is 76.1 cm³/mol. The van der Waals surface area contributed by atoms with Crippen LogP contribution in [0, 0.1) is 0 Å². The molecule has 1 aliphatic carbocycles. The first-order valence-electron chi connectivity index (χ1n) is 7.85. The van der Waals surface area contributed by atoms with Gasteiger partial charge in [-0.25, -0.2) is 0 Å². The number of likely N-dealkylation sites (tertiary alicyclic amines) is 1. The fraction of sp³-hybridized carbons (Fsp3) is 0.933. The molecular formula is C15H28N2O2. The lowest BCUT2D eigenvalue weighted by atomic mass is 9.78. The molecule has 0 radical (unpaired) electrons. The summed E-state index contributed by atoms with van der Waals surface area (Å²) in [6.45, 7) is 3.37. The normalized spacial score (nSPS) is 37.8. The minimum Gasteiger partial charge on any atom is -0.480 e. The highest BCUT2D eigenvalue weighted by Gasteiger charge is 2.42. The fourth-order valence-electron chi connectivity index (χ4n) is 3.87. The zero-order chi connectivity index (χ0) is 13.9. The van der Waals surface area contributed by atoms with Crippen LogP contribution in [0.1, 0.15) is 64.7 Å². The van der Waals surface area contributed by atoms with Gasteiger partial charge in [-0.2, -0.15) is 0 Å². The molecule has 3 N–H and O–H groups in total. The SMILES string of the molecule is CCC1CCCCCN1C1CCCC(N)(C(=O)O)C1. The molecule has 110 valence electrons. The van der Waals surface area contributed by atoms with Crippen molar-refractivity contribution in [2.75, 3.05) is 6.54 Å². The summed E-state index contributed by atoms with van der Waals surface area (Å²) in [5, 5.41) is 9.35. The Hall–Kier alpha value is -0.610. The Kier molecular flexibility index (Phi) is 4.85. The van der Waals surface area contributed by atoms with Gasteiger partial charge in [-0.05, 0) is 51.5 Å². The Morgan fingerprint density at radius 3 is 2.79 bits per heavy atom. The Morgan fingerprint density at radius 1 is 1.32 bits per heavy atom. The molecule has 4 heteroatoms. The van der Waals surface area contributed by atoms with Crippen LogP contribution in [-0.2, 0) is 4.79 Å². The molecule has 1 aliphatic heterocycles. The quantitative estimate of drug-likeness (QED) is 0.824. The molecule has 0 aromatic rings. The van der Waals surface area contributed by atoms with E-state index in [0.29, 0.717) is 24.9 Å². The zero-order valence-electron chi connectivity index (χ0n) is 12.1. The average molecular weight is 268 g/mol. The van der Waals surface area contributed by atoms with Gasteiger partial charge < -0.3 is 10.8 Å². The van der Waals surface area contributed by atoms with Crippen molar-refractivity contribution in [2.45, 2.75) is 82.3 Å². The molecule has 0 amide bonds. The highest BCUT2D eigenvalue weighted by atomic mass is 16.4. The van der Waals surface area contributed by atoms with E-state index in [1.165, 1.54) is 32.1 Å². The zero-order valence-corrected chi connectivity index (χ0v) is 12.1. The van der Waals surface area contributed by atoms with Crippen LogP contribution < -0.4 is 5.73 Å². The van der Waals surface area contributed by atoms with Crippen molar-refractivity contribution < 1.29 is 9.90 Å². The van der Waals surface area contributed by atoms with Crippen molar-refractivity contribution in [3.05, 3.63) is 0 Å². The molecule has 0 aromatic carbocycles. The van der Waals surface area contributed by atoms with E-state index in [1.807, 2.05) is 0 Å². The van der Waals surface area contributed by atoms with Gasteiger partial charge >= 0.3 is 5.97 Å². The van der Waals surface area contributed by atoms with E-state index in [4.69, 9.17) is 5.73 Å². The third-order valence-corrected chi connectivity index (χ3v) is 5.05. The van der Waals surface area contributed by atoms with Crippen molar-refractivity contribution in [3.63, 3.8) is 0 Å². The number of aliphatic carboxylic acids is 1. The largest absolute Gasteiger partial charge is 0.480 e. The molecule has 19 heavy (non-hydrogen) atoms. The van der Waals surface area contributed by atoms with Gasteiger partial charge in [0.25, 0.3) is 0 Å². The molecule has 3 atom stereocenters. The molecular weight excluding hydrogens is 240 g/mol. The molecule has 3 unspecified atom stereocenters. The van der Waals surface area contributed by atoms with E-state index in [1.54, 1.807) is 0 Å². The van der Waals surface area contributed by atoms with Crippen LogP contribution >= 0.6 is 0 Å². The number of carboxylic acid groups (broad SMARTS) is 1. The van der Waals surface area contributed by atoms with Crippen molar-refractivity contribution in [3.8, 4) is 0 Å². The van der Waals surface area contributed by atoms with Crippen LogP contribution in [0.25, 0.3) is 0 Å². The van der Waals surface area contributed by atoms with Crippen LogP contribution in [-0.4, -0.2) is 40.1 Å². The first-order chi connectivity index (χ1) is 9.07. The molecule has 0 spiro atoms. The van der Waals surface area contributed by atoms with Gasteiger partial charge in [0, 0.05) is 12.1 Å². The lowest BCUT2D eigenvalue weighted by molar-refractivity contribution is -0.145. The van der Waals surface area contributed by atoms with E-state index >= 15 is 0 Å². The van der Waals surface area contributed by atoms with Gasteiger partial charge in [-0.3, -0.25) is 9.69 Å². The molecule has 1 saturated heterocycles. The summed E-state index contributed by atoms with van der Waals surface area (Å²) in [6, 6.07) is 1.00. The molecule has 1 heterocycles. The minimum atomic E-state index is -0.993. The van der Waals surface area contributed by atoms with E-state index in [-0.39, 0.29) is 0 Å². The van der Waals surface area contributed by atoms with E-state index in [9.17, 15) is 9.90 Å². The summed E-state index contributed by atoms with van der Waals surface area (Å²) in [7, 11) is 0. The summed E-state index contributed by atoms with van der Waals surface area (Å²) >= 11 is 0. The third-order valence-electron chi connectivity index (χ3n) is 5.05.